The van der Waals surface area contributed by atoms with Crippen LogP contribution in [0.4, 0.5) is 0 Å². The lowest BCUT2D eigenvalue weighted by Gasteiger charge is -2.01. The molecule has 2 heterocycles. The first kappa shape index (κ1) is 10.3. The molecule has 0 aliphatic carbocycles. The van der Waals surface area contributed by atoms with E-state index in [1.165, 1.54) is 23.1 Å². The summed E-state index contributed by atoms with van der Waals surface area (Å²) in [5.41, 5.74) is 1.11. The summed E-state index contributed by atoms with van der Waals surface area (Å²) in [5.74, 6) is -0.511. The molecule has 0 unspecified atom stereocenters. The van der Waals surface area contributed by atoms with Crippen molar-refractivity contribution >= 4 is 17.8 Å². The van der Waals surface area contributed by atoms with Gasteiger partial charge < -0.3 is 4.74 Å². The van der Waals surface area contributed by atoms with Gasteiger partial charge in [-0.1, -0.05) is 0 Å². The summed E-state index contributed by atoms with van der Waals surface area (Å²) in [6.45, 7) is 2.00. The van der Waals surface area contributed by atoms with Crippen molar-refractivity contribution in [1.82, 2.24) is 14.6 Å². The van der Waals surface area contributed by atoms with Gasteiger partial charge in [0.05, 0.1) is 23.9 Å². The summed E-state index contributed by atoms with van der Waals surface area (Å²) < 4.78 is 6.23. The van der Waals surface area contributed by atoms with Crippen molar-refractivity contribution in [2.75, 3.05) is 6.61 Å². The molecule has 0 radical (unpaired) electrons. The van der Waals surface area contributed by atoms with Gasteiger partial charge in [-0.3, -0.25) is 4.79 Å². The van der Waals surface area contributed by atoms with Crippen LogP contribution in [-0.2, 0) is 4.74 Å². The predicted molar refractivity (Wildman–Crippen MR) is 54.3 cm³/mol. The zero-order valence-electron chi connectivity index (χ0n) is 8.58. The quantitative estimate of drug-likeness (QED) is 0.561. The van der Waals surface area contributed by atoms with E-state index >= 15 is 0 Å². The summed E-state index contributed by atoms with van der Waals surface area (Å²) in [5, 5.41) is 3.91. The summed E-state index contributed by atoms with van der Waals surface area (Å²) in [6.07, 6.45) is 3.46. The lowest BCUT2D eigenvalue weighted by atomic mass is 10.3. The predicted octanol–water partition coefficient (Wildman–Crippen LogP) is 0.718. The minimum Gasteiger partial charge on any atom is -0.461 e. The van der Waals surface area contributed by atoms with E-state index in [2.05, 4.69) is 10.1 Å². The highest BCUT2D eigenvalue weighted by Gasteiger charge is 2.11. The zero-order valence-corrected chi connectivity index (χ0v) is 8.58. The first-order chi connectivity index (χ1) is 7.76. The van der Waals surface area contributed by atoms with E-state index in [-0.39, 0.29) is 12.3 Å². The molecule has 0 saturated carbocycles. The molecule has 0 aliphatic heterocycles. The van der Waals surface area contributed by atoms with E-state index in [0.717, 1.165) is 0 Å². The van der Waals surface area contributed by atoms with Gasteiger partial charge in [-0.15, -0.1) is 0 Å². The summed E-state index contributed by atoms with van der Waals surface area (Å²) in [6, 6.07) is 1.48. The Kier molecular flexibility index (Phi) is 2.63. The number of esters is 1. The van der Waals surface area contributed by atoms with Gasteiger partial charge in [0.25, 0.3) is 0 Å². The van der Waals surface area contributed by atoms with Crippen molar-refractivity contribution in [2.24, 2.45) is 0 Å². The molecule has 2 aromatic heterocycles. The number of aldehydes is 1. The maximum absolute atomic E-state index is 11.4. The number of ether oxygens (including phenoxy) is 1. The molecule has 2 rings (SSSR count). The maximum atomic E-state index is 11.4. The van der Waals surface area contributed by atoms with E-state index < -0.39 is 5.97 Å². The second-order valence-electron chi connectivity index (χ2n) is 3.04. The fourth-order valence-corrected chi connectivity index (χ4v) is 1.32. The molecule has 0 aliphatic rings. The van der Waals surface area contributed by atoms with E-state index in [0.29, 0.717) is 17.4 Å². The number of hydrogen-bond donors (Lipinski definition) is 0. The number of aromatic nitrogens is 3. The van der Waals surface area contributed by atoms with Crippen LogP contribution < -0.4 is 0 Å². The summed E-state index contributed by atoms with van der Waals surface area (Å²) >= 11 is 0. The molecule has 0 bridgehead atoms. The molecule has 0 N–H and O–H groups in total. The second kappa shape index (κ2) is 4.09. The van der Waals surface area contributed by atoms with Crippen LogP contribution in [0.25, 0.3) is 5.52 Å². The van der Waals surface area contributed by atoms with Gasteiger partial charge in [-0.05, 0) is 13.0 Å². The van der Waals surface area contributed by atoms with Gasteiger partial charge in [0.2, 0.25) is 0 Å². The third kappa shape index (κ3) is 1.65. The smallest absolute Gasteiger partial charge is 0.357 e. The molecule has 0 saturated heterocycles. The minimum absolute atomic E-state index is 0.165. The van der Waals surface area contributed by atoms with E-state index in [9.17, 15) is 9.59 Å². The fraction of sp³-hybridized carbons (Fsp3) is 0.200. The van der Waals surface area contributed by atoms with E-state index in [1.807, 2.05) is 0 Å². The minimum atomic E-state index is -0.511. The first-order valence-corrected chi connectivity index (χ1v) is 4.72. The largest absolute Gasteiger partial charge is 0.461 e. The van der Waals surface area contributed by atoms with Crippen LogP contribution in [0.1, 0.15) is 27.8 Å². The van der Waals surface area contributed by atoms with Crippen molar-refractivity contribution in [3.8, 4) is 0 Å². The highest BCUT2D eigenvalue weighted by Crippen LogP contribution is 2.09. The molecule has 6 heteroatoms. The molecule has 0 fully saturated rings. The number of nitrogens with zero attached hydrogens (tertiary/aromatic N) is 3. The van der Waals surface area contributed by atoms with Gasteiger partial charge in [0, 0.05) is 0 Å². The Bertz CT molecular complexity index is 547. The highest BCUT2D eigenvalue weighted by atomic mass is 16.5. The summed E-state index contributed by atoms with van der Waals surface area (Å²) in [7, 11) is 0. The molecule has 2 aromatic rings. The van der Waals surface area contributed by atoms with Crippen molar-refractivity contribution < 1.29 is 14.3 Å². The van der Waals surface area contributed by atoms with Crippen molar-refractivity contribution in [3.05, 3.63) is 29.8 Å². The lowest BCUT2D eigenvalue weighted by Crippen LogP contribution is -2.08. The Labute approximate surface area is 90.9 Å². The van der Waals surface area contributed by atoms with Gasteiger partial charge >= 0.3 is 5.97 Å². The Morgan fingerprint density at radius 1 is 1.62 bits per heavy atom. The number of fused-ring (bicyclic) bond motifs is 1. The number of carbonyl (C=O) groups excluding carboxylic acids is 2. The van der Waals surface area contributed by atoms with Crippen LogP contribution in [0.5, 0.6) is 0 Å². The Morgan fingerprint density at radius 3 is 3.12 bits per heavy atom. The molecular formula is C10H9N3O3. The third-order valence-corrected chi connectivity index (χ3v) is 2.05. The fourth-order valence-electron chi connectivity index (χ4n) is 1.32. The van der Waals surface area contributed by atoms with Crippen molar-refractivity contribution in [1.29, 1.82) is 0 Å². The lowest BCUT2D eigenvalue weighted by molar-refractivity contribution is 0.0519. The molecule has 0 amide bonds. The van der Waals surface area contributed by atoms with Gasteiger partial charge in [-0.25, -0.2) is 14.3 Å². The second-order valence-corrected chi connectivity index (χ2v) is 3.04. The molecule has 82 valence electrons. The monoisotopic (exact) mass is 219 g/mol. The highest BCUT2D eigenvalue weighted by molar-refractivity contribution is 5.91. The van der Waals surface area contributed by atoms with E-state index in [4.69, 9.17) is 4.74 Å². The summed E-state index contributed by atoms with van der Waals surface area (Å²) in [4.78, 5) is 26.0. The normalized spacial score (nSPS) is 10.3. The molecule has 0 aromatic carbocycles. The van der Waals surface area contributed by atoms with E-state index in [1.54, 1.807) is 6.92 Å². The average Bonchev–Trinajstić information content (AvgIpc) is 2.71. The SMILES string of the molecule is CCOC(=O)c1cc2c(C=O)cnn2cn1. The molecule has 16 heavy (non-hydrogen) atoms. The van der Waals surface area contributed by atoms with Crippen molar-refractivity contribution in [2.45, 2.75) is 6.92 Å². The van der Waals surface area contributed by atoms with Crippen LogP contribution in [0.2, 0.25) is 0 Å². The molecule has 0 spiro atoms. The number of carbonyl (C=O) groups is 2. The number of rotatable bonds is 3. The first-order valence-electron chi connectivity index (χ1n) is 4.72. The van der Waals surface area contributed by atoms with Crippen LogP contribution in [-0.4, -0.2) is 33.5 Å². The van der Waals surface area contributed by atoms with Crippen LogP contribution in [0.3, 0.4) is 0 Å². The maximum Gasteiger partial charge on any atom is 0.357 e. The van der Waals surface area contributed by atoms with Gasteiger partial charge in [0.15, 0.2) is 12.0 Å². The van der Waals surface area contributed by atoms with Crippen molar-refractivity contribution in [3.63, 3.8) is 0 Å². The topological polar surface area (TPSA) is 73.6 Å². The van der Waals surface area contributed by atoms with Gasteiger partial charge in [-0.2, -0.15) is 5.10 Å². The van der Waals surface area contributed by atoms with Crippen LogP contribution in [0, 0.1) is 0 Å². The van der Waals surface area contributed by atoms with Crippen LogP contribution in [0.15, 0.2) is 18.6 Å². The zero-order chi connectivity index (χ0) is 11.5. The average molecular weight is 219 g/mol. The Hall–Kier alpha value is -2.24. The third-order valence-electron chi connectivity index (χ3n) is 2.05. The standard InChI is InChI=1S/C10H9N3O3/c1-2-16-10(15)8-3-9-7(5-14)4-12-13(9)6-11-8/h3-6H,2H2,1H3. The molecular weight excluding hydrogens is 210 g/mol. The number of hydrogen-bond acceptors (Lipinski definition) is 5. The van der Waals surface area contributed by atoms with Crippen LogP contribution >= 0.6 is 0 Å². The Morgan fingerprint density at radius 2 is 2.44 bits per heavy atom. The molecule has 0 atom stereocenters. The van der Waals surface area contributed by atoms with Gasteiger partial charge in [0.1, 0.15) is 6.33 Å². The molecule has 6 nitrogen and oxygen atoms in total. The Balaban J connectivity index is 2.49.